The highest BCUT2D eigenvalue weighted by Gasteiger charge is 2.15. The molecule has 0 radical (unpaired) electrons. The van der Waals surface area contributed by atoms with Gasteiger partial charge in [-0.3, -0.25) is 4.79 Å². The minimum Gasteiger partial charge on any atom is -0.300 e. The van der Waals surface area contributed by atoms with Crippen molar-refractivity contribution >= 4 is 37.6 Å². The zero-order valence-corrected chi connectivity index (χ0v) is 11.3. The van der Waals surface area contributed by atoms with E-state index in [1.54, 1.807) is 0 Å². The second-order valence-corrected chi connectivity index (χ2v) is 5.02. The maximum Gasteiger partial charge on any atom is 0.131 e. The number of nitriles is 1. The van der Waals surface area contributed by atoms with E-state index in [-0.39, 0.29) is 18.1 Å². The van der Waals surface area contributed by atoms with Crippen LogP contribution in [0.5, 0.6) is 0 Å². The van der Waals surface area contributed by atoms with Crippen molar-refractivity contribution in [3.05, 3.63) is 32.7 Å². The van der Waals surface area contributed by atoms with Crippen molar-refractivity contribution in [2.75, 3.05) is 0 Å². The number of nitrogens with zero attached hydrogens (tertiary/aromatic N) is 1. The molecule has 0 bridgehead atoms. The molecule has 2 nitrogen and oxygen atoms in total. The molecule has 1 unspecified atom stereocenters. The second kappa shape index (κ2) is 5.43. The Morgan fingerprint density at radius 2 is 2.20 bits per heavy atom. The Morgan fingerprint density at radius 1 is 1.53 bits per heavy atom. The van der Waals surface area contributed by atoms with E-state index >= 15 is 0 Å². The molecule has 4 heteroatoms. The fourth-order valence-electron chi connectivity index (χ4n) is 1.30. The molecule has 1 aromatic carbocycles. The zero-order valence-electron chi connectivity index (χ0n) is 8.13. The molecule has 0 N–H and O–H groups in total. The van der Waals surface area contributed by atoms with Crippen LogP contribution in [0.3, 0.4) is 0 Å². The van der Waals surface area contributed by atoms with Crippen molar-refractivity contribution in [3.8, 4) is 6.07 Å². The van der Waals surface area contributed by atoms with Crippen LogP contribution < -0.4 is 0 Å². The van der Waals surface area contributed by atoms with Gasteiger partial charge < -0.3 is 0 Å². The van der Waals surface area contributed by atoms with Gasteiger partial charge in [0.15, 0.2) is 0 Å². The smallest absolute Gasteiger partial charge is 0.131 e. The first-order valence-electron chi connectivity index (χ1n) is 4.38. The number of carbonyl (C=O) groups excluding carboxylic acids is 1. The molecule has 1 rings (SSSR count). The summed E-state index contributed by atoms with van der Waals surface area (Å²) in [6.07, 6.45) is 0.261. The van der Waals surface area contributed by atoms with Crippen molar-refractivity contribution in [1.29, 1.82) is 5.26 Å². The predicted molar refractivity (Wildman–Crippen MR) is 65.5 cm³/mol. The third-order valence-electron chi connectivity index (χ3n) is 1.99. The molecule has 78 valence electrons. The van der Waals surface area contributed by atoms with Gasteiger partial charge in [0, 0.05) is 15.4 Å². The van der Waals surface area contributed by atoms with Gasteiger partial charge in [0.05, 0.1) is 12.0 Å². The van der Waals surface area contributed by atoms with Crippen LogP contribution in [-0.2, 0) is 4.79 Å². The fraction of sp³-hybridized carbons (Fsp3) is 0.273. The Bertz CT molecular complexity index is 423. The van der Waals surface area contributed by atoms with E-state index in [2.05, 4.69) is 37.9 Å². The summed E-state index contributed by atoms with van der Waals surface area (Å²) in [5, 5.41) is 8.99. The minimum atomic E-state index is -0.370. The fourth-order valence-corrected chi connectivity index (χ4v) is 2.62. The number of ketones is 1. The molecule has 0 amide bonds. The lowest BCUT2D eigenvalue weighted by molar-refractivity contribution is -0.117. The Hall–Kier alpha value is -0.660. The van der Waals surface area contributed by atoms with Gasteiger partial charge in [0.1, 0.15) is 5.78 Å². The van der Waals surface area contributed by atoms with Crippen molar-refractivity contribution < 1.29 is 4.79 Å². The van der Waals surface area contributed by atoms with Crippen molar-refractivity contribution in [2.24, 2.45) is 0 Å². The lowest BCUT2D eigenvalue weighted by atomic mass is 9.96. The van der Waals surface area contributed by atoms with Gasteiger partial charge in [-0.15, -0.1) is 0 Å². The molecule has 0 aliphatic rings. The highest BCUT2D eigenvalue weighted by atomic mass is 79.9. The number of halogens is 2. The van der Waals surface area contributed by atoms with Gasteiger partial charge in [-0.1, -0.05) is 37.9 Å². The average molecular weight is 331 g/mol. The topological polar surface area (TPSA) is 40.9 Å². The molecule has 0 aliphatic carbocycles. The molecule has 1 atom stereocenters. The maximum absolute atomic E-state index is 11.0. The van der Waals surface area contributed by atoms with Gasteiger partial charge in [-0.25, -0.2) is 0 Å². The Kier molecular flexibility index (Phi) is 4.49. The summed E-state index contributed by atoms with van der Waals surface area (Å²) in [6, 6.07) is 7.74. The van der Waals surface area contributed by atoms with Gasteiger partial charge in [0.25, 0.3) is 0 Å². The largest absolute Gasteiger partial charge is 0.300 e. The van der Waals surface area contributed by atoms with E-state index in [0.29, 0.717) is 0 Å². The van der Waals surface area contributed by atoms with Gasteiger partial charge >= 0.3 is 0 Å². The van der Waals surface area contributed by atoms with E-state index < -0.39 is 0 Å². The first kappa shape index (κ1) is 12.4. The number of Topliss-reactive ketones (excluding diaryl/α,β-unsaturated/α-hetero) is 1. The molecule has 0 spiro atoms. The van der Waals surface area contributed by atoms with E-state index in [1.807, 2.05) is 18.2 Å². The maximum atomic E-state index is 11.0. The summed E-state index contributed by atoms with van der Waals surface area (Å²) >= 11 is 6.72. The van der Waals surface area contributed by atoms with Gasteiger partial charge in [-0.05, 0) is 24.6 Å². The molecular formula is C11H9Br2NO. The van der Waals surface area contributed by atoms with Crippen LogP contribution in [-0.4, -0.2) is 5.78 Å². The van der Waals surface area contributed by atoms with Crippen LogP contribution >= 0.6 is 31.9 Å². The highest BCUT2D eigenvalue weighted by Crippen LogP contribution is 2.29. The molecule has 0 aromatic heterocycles. The van der Waals surface area contributed by atoms with Gasteiger partial charge in [-0.2, -0.15) is 5.26 Å². The summed E-state index contributed by atoms with van der Waals surface area (Å²) in [5.74, 6) is -0.346. The number of benzene rings is 1. The Morgan fingerprint density at radius 3 is 2.67 bits per heavy atom. The lowest BCUT2D eigenvalue weighted by Gasteiger charge is -2.09. The molecule has 15 heavy (non-hydrogen) atoms. The highest BCUT2D eigenvalue weighted by molar-refractivity contribution is 9.11. The Labute approximate surface area is 106 Å². The molecule has 0 fully saturated rings. The van der Waals surface area contributed by atoms with E-state index in [1.165, 1.54) is 6.92 Å². The number of rotatable bonds is 3. The number of carbonyl (C=O) groups is 1. The third kappa shape index (κ3) is 3.44. The van der Waals surface area contributed by atoms with Crippen molar-refractivity contribution in [2.45, 2.75) is 19.3 Å². The van der Waals surface area contributed by atoms with Crippen LogP contribution in [0.2, 0.25) is 0 Å². The molecule has 0 heterocycles. The third-order valence-corrected chi connectivity index (χ3v) is 3.17. The Balaban J connectivity index is 3.03. The quantitative estimate of drug-likeness (QED) is 0.845. The van der Waals surface area contributed by atoms with E-state index in [9.17, 15) is 4.79 Å². The summed E-state index contributed by atoms with van der Waals surface area (Å²) in [5.41, 5.74) is 0.857. The lowest BCUT2D eigenvalue weighted by Crippen LogP contribution is -2.02. The molecule has 0 saturated carbocycles. The molecule has 1 aromatic rings. The summed E-state index contributed by atoms with van der Waals surface area (Å²) < 4.78 is 1.79. The summed E-state index contributed by atoms with van der Waals surface area (Å²) in [7, 11) is 0. The van der Waals surface area contributed by atoms with Crippen LogP contribution in [0.15, 0.2) is 27.1 Å². The van der Waals surface area contributed by atoms with Crippen molar-refractivity contribution in [1.82, 2.24) is 0 Å². The van der Waals surface area contributed by atoms with Crippen LogP contribution in [0.1, 0.15) is 24.8 Å². The first-order chi connectivity index (χ1) is 7.04. The second-order valence-electron chi connectivity index (χ2n) is 3.25. The average Bonchev–Trinajstić information content (AvgIpc) is 2.14. The SMILES string of the molecule is CC(=O)CC(C#N)c1ccc(Br)cc1Br. The minimum absolute atomic E-state index is 0.0244. The molecule has 0 saturated heterocycles. The molecular weight excluding hydrogens is 322 g/mol. The monoisotopic (exact) mass is 329 g/mol. The van der Waals surface area contributed by atoms with Crippen LogP contribution in [0.4, 0.5) is 0 Å². The number of hydrogen-bond donors (Lipinski definition) is 0. The molecule has 0 aliphatic heterocycles. The van der Waals surface area contributed by atoms with Crippen molar-refractivity contribution in [3.63, 3.8) is 0 Å². The summed E-state index contributed by atoms with van der Waals surface area (Å²) in [6.45, 7) is 1.50. The van der Waals surface area contributed by atoms with E-state index in [0.717, 1.165) is 14.5 Å². The van der Waals surface area contributed by atoms with Crippen LogP contribution in [0, 0.1) is 11.3 Å². The standard InChI is InChI=1S/C11H9Br2NO/c1-7(15)4-8(6-14)10-3-2-9(12)5-11(10)13/h2-3,5,8H,4H2,1H3. The zero-order chi connectivity index (χ0) is 11.4. The van der Waals surface area contributed by atoms with Gasteiger partial charge in [0.2, 0.25) is 0 Å². The predicted octanol–water partition coefficient (Wildman–Crippen LogP) is 3.80. The van der Waals surface area contributed by atoms with Crippen LogP contribution in [0.25, 0.3) is 0 Å². The normalized spacial score (nSPS) is 11.9. The number of hydrogen-bond acceptors (Lipinski definition) is 2. The summed E-state index contributed by atoms with van der Waals surface area (Å²) in [4.78, 5) is 11.0. The first-order valence-corrected chi connectivity index (χ1v) is 5.97. The van der Waals surface area contributed by atoms with E-state index in [4.69, 9.17) is 5.26 Å².